The quantitative estimate of drug-likeness (QED) is 0.293. The molecule has 0 aromatic rings. The Morgan fingerprint density at radius 3 is 0.846 bits per heavy atom. The van der Waals surface area contributed by atoms with Crippen molar-refractivity contribution in [2.75, 3.05) is 0 Å². The molecule has 0 nitrogen and oxygen atoms in total. The van der Waals surface area contributed by atoms with E-state index >= 15 is 0 Å². The van der Waals surface area contributed by atoms with Gasteiger partial charge in [0.25, 0.3) is 0 Å². The third-order valence-corrected chi connectivity index (χ3v) is 5.12. The molecule has 0 saturated heterocycles. The SMILES string of the molecule is CC1=[C-]C(C)(C)C(C)=C1C.CC1=[C-]C(C)(C)C(C)=C1C.C[SiH]C.[Br-].[Br-].[Zr+4]. The molecule has 0 atom stereocenters. The third-order valence-electron chi connectivity index (χ3n) is 5.12. The van der Waals surface area contributed by atoms with Crippen molar-refractivity contribution in [1.29, 1.82) is 0 Å². The summed E-state index contributed by atoms with van der Waals surface area (Å²) in [7, 11) is 0.750. The summed E-state index contributed by atoms with van der Waals surface area (Å²) in [5, 5.41) is 0. The van der Waals surface area contributed by atoms with Gasteiger partial charge in [0.2, 0.25) is 0 Å². The van der Waals surface area contributed by atoms with Crippen LogP contribution in [0.15, 0.2) is 33.4 Å². The van der Waals surface area contributed by atoms with Crippen LogP contribution in [0.1, 0.15) is 69.2 Å². The van der Waals surface area contributed by atoms with Gasteiger partial charge in [-0.15, -0.1) is 13.8 Å². The van der Waals surface area contributed by atoms with Crippen molar-refractivity contribution in [3.8, 4) is 0 Å². The fraction of sp³-hybridized carbons (Fsp3) is 0.636. The fourth-order valence-corrected chi connectivity index (χ4v) is 2.81. The van der Waals surface area contributed by atoms with Crippen molar-refractivity contribution < 1.29 is 60.2 Å². The summed E-state index contributed by atoms with van der Waals surface area (Å²) in [6.45, 7) is 26.3. The van der Waals surface area contributed by atoms with Crippen LogP contribution in [0.4, 0.5) is 0 Å². The van der Waals surface area contributed by atoms with Crippen molar-refractivity contribution in [2.45, 2.75) is 82.3 Å². The van der Waals surface area contributed by atoms with Crippen LogP contribution in [0.5, 0.6) is 0 Å². The standard InChI is InChI=1S/2C10H15.C2H7Si.2BrH.Zr/c2*1-7-6-10(4,5)9(3)8(7)2;1-3-2;;;/h2*1-5H3;3H,1-2H3;2*1H;/q2*-1;;;;+4/p-2. The second kappa shape index (κ2) is 14.1. The van der Waals surface area contributed by atoms with Gasteiger partial charge >= 0.3 is 26.2 Å². The third kappa shape index (κ3) is 9.48. The number of halogens is 2. The van der Waals surface area contributed by atoms with Crippen LogP contribution in [-0.2, 0) is 26.2 Å². The molecule has 147 valence electrons. The number of allylic oxidation sites excluding steroid dienone is 8. The maximum absolute atomic E-state index is 3.44. The van der Waals surface area contributed by atoms with E-state index < -0.39 is 0 Å². The van der Waals surface area contributed by atoms with Crippen LogP contribution in [0.2, 0.25) is 13.1 Å². The van der Waals surface area contributed by atoms with Crippen LogP contribution < -0.4 is 34.0 Å². The molecule has 2 aliphatic rings. The smallest absolute Gasteiger partial charge is 1.00 e. The minimum absolute atomic E-state index is 0. The monoisotopic (exact) mass is 577 g/mol. The first-order chi connectivity index (χ1) is 10.3. The molecule has 2 aliphatic carbocycles. The van der Waals surface area contributed by atoms with Gasteiger partial charge in [-0.1, -0.05) is 79.3 Å². The van der Waals surface area contributed by atoms with Crippen LogP contribution in [0.25, 0.3) is 0 Å². The molecular formula is C22H37Br2SiZr. The van der Waals surface area contributed by atoms with Crippen LogP contribution in [-0.4, -0.2) is 9.52 Å². The Morgan fingerprint density at radius 2 is 0.808 bits per heavy atom. The maximum atomic E-state index is 3.44. The Kier molecular flexibility index (Phi) is 18.7. The summed E-state index contributed by atoms with van der Waals surface area (Å²) in [6, 6.07) is 0. The van der Waals surface area contributed by atoms with Crippen LogP contribution >= 0.6 is 0 Å². The Morgan fingerprint density at radius 1 is 0.615 bits per heavy atom. The van der Waals surface area contributed by atoms with Crippen molar-refractivity contribution in [3.63, 3.8) is 0 Å². The van der Waals surface area contributed by atoms with Crippen molar-refractivity contribution >= 4 is 9.52 Å². The van der Waals surface area contributed by atoms with Gasteiger partial charge in [-0.05, 0) is 0 Å². The molecule has 2 rings (SSSR count). The summed E-state index contributed by atoms with van der Waals surface area (Å²) in [5.74, 6) is 0. The maximum Gasteiger partial charge on any atom is 4.00 e. The van der Waals surface area contributed by atoms with Gasteiger partial charge in [0.05, 0.1) is 0 Å². The average Bonchev–Trinajstić information content (AvgIpc) is 2.71. The summed E-state index contributed by atoms with van der Waals surface area (Å²) >= 11 is 0. The minimum Gasteiger partial charge on any atom is -1.00 e. The second-order valence-corrected chi connectivity index (χ2v) is 8.98. The molecule has 0 N–H and O–H groups in total. The summed E-state index contributed by atoms with van der Waals surface area (Å²) in [5.41, 5.74) is 8.79. The first-order valence-corrected chi connectivity index (χ1v) is 11.0. The molecule has 26 heavy (non-hydrogen) atoms. The Balaban J connectivity index is -0.000000147. The average molecular weight is 581 g/mol. The van der Waals surface area contributed by atoms with Crippen LogP contribution in [0, 0.1) is 23.0 Å². The molecule has 0 heterocycles. The van der Waals surface area contributed by atoms with Gasteiger partial charge < -0.3 is 34.0 Å². The van der Waals surface area contributed by atoms with Gasteiger partial charge in [0, 0.05) is 9.52 Å². The van der Waals surface area contributed by atoms with Crippen molar-refractivity contribution in [1.82, 2.24) is 0 Å². The molecule has 0 fully saturated rings. The molecule has 4 heteroatoms. The van der Waals surface area contributed by atoms with E-state index in [1.807, 2.05) is 0 Å². The molecular weight excluding hydrogens is 543 g/mol. The molecule has 0 amide bonds. The van der Waals surface area contributed by atoms with Crippen LogP contribution in [0.3, 0.4) is 0 Å². The van der Waals surface area contributed by atoms with E-state index in [-0.39, 0.29) is 71.0 Å². The molecule has 0 aliphatic heterocycles. The van der Waals surface area contributed by atoms with Gasteiger partial charge in [0.1, 0.15) is 0 Å². The molecule has 0 aromatic carbocycles. The second-order valence-electron chi connectivity index (χ2n) is 7.83. The Bertz CT molecular complexity index is 515. The number of rotatable bonds is 0. The topological polar surface area (TPSA) is 0 Å². The molecule has 0 aromatic heterocycles. The Hall–Kier alpha value is 1.02. The van der Waals surface area contributed by atoms with Crippen molar-refractivity contribution in [2.24, 2.45) is 10.8 Å². The zero-order valence-electron chi connectivity index (χ0n) is 18.8. The van der Waals surface area contributed by atoms with Gasteiger partial charge in [-0.25, -0.2) is 11.1 Å². The van der Waals surface area contributed by atoms with Gasteiger partial charge in [-0.3, -0.25) is 12.2 Å². The van der Waals surface area contributed by atoms with E-state index in [2.05, 4.69) is 94.5 Å². The minimum atomic E-state index is 0. The van der Waals surface area contributed by atoms with Gasteiger partial charge in [-0.2, -0.15) is 22.3 Å². The van der Waals surface area contributed by atoms with Crippen molar-refractivity contribution in [3.05, 3.63) is 45.6 Å². The molecule has 0 spiro atoms. The zero-order valence-corrected chi connectivity index (χ0v) is 25.6. The Labute approximate surface area is 206 Å². The predicted molar refractivity (Wildman–Crippen MR) is 108 cm³/mol. The molecule has 0 saturated carbocycles. The first kappa shape index (κ1) is 34.5. The normalized spacial score (nSPS) is 18.8. The fourth-order valence-electron chi connectivity index (χ4n) is 2.81. The number of hydrogen-bond acceptors (Lipinski definition) is 0. The first-order valence-electron chi connectivity index (χ1n) is 8.65. The van der Waals surface area contributed by atoms with E-state index in [1.165, 1.54) is 33.4 Å². The van der Waals surface area contributed by atoms with Gasteiger partial charge in [0.15, 0.2) is 0 Å². The summed E-state index contributed by atoms with van der Waals surface area (Å²) in [6.07, 6.45) is 6.87. The van der Waals surface area contributed by atoms with E-state index in [0.717, 1.165) is 9.52 Å². The van der Waals surface area contributed by atoms with E-state index in [9.17, 15) is 0 Å². The largest absolute Gasteiger partial charge is 4.00 e. The van der Waals surface area contributed by atoms with E-state index in [4.69, 9.17) is 0 Å². The summed E-state index contributed by atoms with van der Waals surface area (Å²) < 4.78 is 0. The molecule has 0 bridgehead atoms. The number of hydrogen-bond donors (Lipinski definition) is 0. The zero-order chi connectivity index (χ0) is 18.6. The molecule has 0 unspecified atom stereocenters. The predicted octanol–water partition coefficient (Wildman–Crippen LogP) is 0.749. The molecule has 1 radical (unpaired) electrons. The summed E-state index contributed by atoms with van der Waals surface area (Å²) in [4.78, 5) is 0. The van der Waals surface area contributed by atoms with E-state index in [0.29, 0.717) is 0 Å². The van der Waals surface area contributed by atoms with E-state index in [1.54, 1.807) is 0 Å².